The normalized spacial score (nSPS) is 11.0. The summed E-state index contributed by atoms with van der Waals surface area (Å²) in [6.45, 7) is 4.78. The van der Waals surface area contributed by atoms with E-state index in [0.29, 0.717) is 12.1 Å². The van der Waals surface area contributed by atoms with Gasteiger partial charge in [0.2, 0.25) is 0 Å². The molecule has 1 aromatic carbocycles. The van der Waals surface area contributed by atoms with Gasteiger partial charge in [-0.25, -0.2) is 9.67 Å². The van der Waals surface area contributed by atoms with Crippen molar-refractivity contribution in [2.45, 2.75) is 39.5 Å². The fourth-order valence-electron chi connectivity index (χ4n) is 2.89. The van der Waals surface area contributed by atoms with Crippen molar-refractivity contribution in [2.24, 2.45) is 0 Å². The van der Waals surface area contributed by atoms with E-state index >= 15 is 0 Å². The Morgan fingerprint density at radius 1 is 1.12 bits per heavy atom. The first-order chi connectivity index (χ1) is 12.2. The Hall–Kier alpha value is -2.69. The van der Waals surface area contributed by atoms with Crippen LogP contribution in [0, 0.1) is 6.92 Å². The SMILES string of the molecule is CCCCCCNC(=O)c1cnn(-c2ccc3ccccc3n2)c1C. The molecule has 0 unspecified atom stereocenters. The van der Waals surface area contributed by atoms with Crippen LogP contribution in [0.4, 0.5) is 0 Å². The monoisotopic (exact) mass is 336 g/mol. The van der Waals surface area contributed by atoms with Gasteiger partial charge in [-0.05, 0) is 31.5 Å². The zero-order valence-corrected chi connectivity index (χ0v) is 14.8. The van der Waals surface area contributed by atoms with Gasteiger partial charge in [-0.3, -0.25) is 4.79 Å². The fourth-order valence-corrected chi connectivity index (χ4v) is 2.89. The minimum atomic E-state index is -0.0685. The number of rotatable bonds is 7. The minimum absolute atomic E-state index is 0.0685. The molecule has 1 amide bonds. The zero-order chi connectivity index (χ0) is 17.6. The highest BCUT2D eigenvalue weighted by Crippen LogP contribution is 2.17. The molecule has 0 fully saturated rings. The summed E-state index contributed by atoms with van der Waals surface area (Å²) >= 11 is 0. The van der Waals surface area contributed by atoms with Gasteiger partial charge < -0.3 is 5.32 Å². The Kier molecular flexibility index (Phi) is 5.43. The molecule has 3 rings (SSSR count). The lowest BCUT2D eigenvalue weighted by Crippen LogP contribution is -2.24. The van der Waals surface area contributed by atoms with E-state index in [4.69, 9.17) is 0 Å². The number of amides is 1. The first-order valence-corrected chi connectivity index (χ1v) is 8.89. The number of nitrogens with zero attached hydrogens (tertiary/aromatic N) is 3. The van der Waals surface area contributed by atoms with Crippen LogP contribution < -0.4 is 5.32 Å². The summed E-state index contributed by atoms with van der Waals surface area (Å²) in [4.78, 5) is 17.0. The minimum Gasteiger partial charge on any atom is -0.352 e. The van der Waals surface area contributed by atoms with E-state index < -0.39 is 0 Å². The first kappa shape index (κ1) is 17.1. The Labute approximate surface area is 148 Å². The van der Waals surface area contributed by atoms with E-state index in [1.165, 1.54) is 12.8 Å². The van der Waals surface area contributed by atoms with Gasteiger partial charge >= 0.3 is 0 Å². The summed E-state index contributed by atoms with van der Waals surface area (Å²) in [5.74, 6) is 0.652. The van der Waals surface area contributed by atoms with Crippen molar-refractivity contribution < 1.29 is 4.79 Å². The molecule has 0 spiro atoms. The predicted molar refractivity (Wildman–Crippen MR) is 100 cm³/mol. The molecule has 0 saturated heterocycles. The molecule has 3 aromatic rings. The van der Waals surface area contributed by atoms with E-state index in [-0.39, 0.29) is 5.91 Å². The van der Waals surface area contributed by atoms with E-state index in [2.05, 4.69) is 22.3 Å². The van der Waals surface area contributed by atoms with E-state index in [1.54, 1.807) is 10.9 Å². The quantitative estimate of drug-likeness (QED) is 0.662. The second kappa shape index (κ2) is 7.92. The molecule has 0 bridgehead atoms. The Morgan fingerprint density at radius 2 is 1.96 bits per heavy atom. The van der Waals surface area contributed by atoms with Gasteiger partial charge in [0, 0.05) is 11.9 Å². The van der Waals surface area contributed by atoms with Gasteiger partial charge in [0.15, 0.2) is 5.82 Å². The lowest BCUT2D eigenvalue weighted by Gasteiger charge is -2.07. The molecule has 0 saturated carbocycles. The maximum absolute atomic E-state index is 12.4. The maximum Gasteiger partial charge on any atom is 0.254 e. The second-order valence-corrected chi connectivity index (χ2v) is 6.23. The Morgan fingerprint density at radius 3 is 2.80 bits per heavy atom. The lowest BCUT2D eigenvalue weighted by atomic mass is 10.2. The lowest BCUT2D eigenvalue weighted by molar-refractivity contribution is 0.0952. The highest BCUT2D eigenvalue weighted by Gasteiger charge is 2.15. The van der Waals surface area contributed by atoms with Crippen molar-refractivity contribution in [1.82, 2.24) is 20.1 Å². The van der Waals surface area contributed by atoms with Crippen molar-refractivity contribution >= 4 is 16.8 Å². The van der Waals surface area contributed by atoms with Crippen molar-refractivity contribution in [3.63, 3.8) is 0 Å². The summed E-state index contributed by atoms with van der Waals surface area (Å²) in [6, 6.07) is 11.9. The molecule has 0 aliphatic heterocycles. The average molecular weight is 336 g/mol. The smallest absolute Gasteiger partial charge is 0.254 e. The number of pyridine rings is 1. The summed E-state index contributed by atoms with van der Waals surface area (Å²) in [7, 11) is 0. The van der Waals surface area contributed by atoms with Gasteiger partial charge in [0.25, 0.3) is 5.91 Å². The van der Waals surface area contributed by atoms with Crippen LogP contribution in [0.15, 0.2) is 42.6 Å². The third kappa shape index (κ3) is 3.87. The molecule has 2 aromatic heterocycles. The van der Waals surface area contributed by atoms with Crippen LogP contribution in [0.1, 0.15) is 48.7 Å². The van der Waals surface area contributed by atoms with Crippen molar-refractivity contribution in [1.29, 1.82) is 0 Å². The van der Waals surface area contributed by atoms with Crippen molar-refractivity contribution in [3.05, 3.63) is 53.9 Å². The van der Waals surface area contributed by atoms with Gasteiger partial charge in [-0.15, -0.1) is 0 Å². The Balaban J connectivity index is 1.74. The zero-order valence-electron chi connectivity index (χ0n) is 14.8. The molecule has 130 valence electrons. The molecule has 0 atom stereocenters. The van der Waals surface area contributed by atoms with Crippen LogP contribution in [0.5, 0.6) is 0 Å². The van der Waals surface area contributed by atoms with Crippen LogP contribution in [-0.2, 0) is 0 Å². The Bertz CT molecular complexity index is 869. The van der Waals surface area contributed by atoms with Crippen LogP contribution in [-0.4, -0.2) is 27.2 Å². The third-order valence-electron chi connectivity index (χ3n) is 4.37. The van der Waals surface area contributed by atoms with Gasteiger partial charge in [-0.2, -0.15) is 5.10 Å². The summed E-state index contributed by atoms with van der Waals surface area (Å²) in [5.41, 5.74) is 2.32. The highest BCUT2D eigenvalue weighted by molar-refractivity contribution is 5.95. The van der Waals surface area contributed by atoms with Crippen LogP contribution in [0.25, 0.3) is 16.7 Å². The van der Waals surface area contributed by atoms with Crippen molar-refractivity contribution in [3.8, 4) is 5.82 Å². The maximum atomic E-state index is 12.4. The molecule has 5 nitrogen and oxygen atoms in total. The van der Waals surface area contributed by atoms with E-state index in [1.807, 2.05) is 43.3 Å². The molecule has 0 radical (unpaired) electrons. The van der Waals surface area contributed by atoms with Gasteiger partial charge in [0.1, 0.15) is 0 Å². The fraction of sp³-hybridized carbons (Fsp3) is 0.350. The molecule has 0 aliphatic rings. The second-order valence-electron chi connectivity index (χ2n) is 6.23. The number of unbranched alkanes of at least 4 members (excludes halogenated alkanes) is 3. The first-order valence-electron chi connectivity index (χ1n) is 8.89. The molecule has 1 N–H and O–H groups in total. The van der Waals surface area contributed by atoms with Crippen molar-refractivity contribution in [2.75, 3.05) is 6.54 Å². The van der Waals surface area contributed by atoms with Gasteiger partial charge in [0.05, 0.1) is 23.0 Å². The number of carbonyl (C=O) groups excluding carboxylic acids is 1. The summed E-state index contributed by atoms with van der Waals surface area (Å²) in [6.07, 6.45) is 6.18. The largest absolute Gasteiger partial charge is 0.352 e. The predicted octanol–water partition coefficient (Wildman–Crippen LogP) is 4.04. The number of hydrogen-bond donors (Lipinski definition) is 1. The molecular weight excluding hydrogens is 312 g/mol. The number of carbonyl (C=O) groups is 1. The number of benzene rings is 1. The molecule has 0 aliphatic carbocycles. The standard InChI is InChI=1S/C20H24N4O/c1-3-4-5-8-13-21-20(25)17-14-22-24(15(17)2)19-12-11-16-9-6-7-10-18(16)23-19/h6-7,9-12,14H,3-5,8,13H2,1-2H3,(H,21,25). The average Bonchev–Trinajstić information content (AvgIpc) is 3.02. The number of nitrogens with one attached hydrogen (secondary N) is 1. The van der Waals surface area contributed by atoms with E-state index in [0.717, 1.165) is 35.3 Å². The molecule has 2 heterocycles. The molecule has 5 heteroatoms. The highest BCUT2D eigenvalue weighted by atomic mass is 16.1. The summed E-state index contributed by atoms with van der Waals surface area (Å²) < 4.78 is 1.72. The van der Waals surface area contributed by atoms with E-state index in [9.17, 15) is 4.79 Å². The van der Waals surface area contributed by atoms with Crippen LogP contribution in [0.2, 0.25) is 0 Å². The number of para-hydroxylation sites is 1. The summed E-state index contributed by atoms with van der Waals surface area (Å²) in [5, 5.41) is 8.43. The topological polar surface area (TPSA) is 59.8 Å². The molecular formula is C20H24N4O. The number of hydrogen-bond acceptors (Lipinski definition) is 3. The number of fused-ring (bicyclic) bond motifs is 1. The van der Waals surface area contributed by atoms with Gasteiger partial charge in [-0.1, -0.05) is 44.4 Å². The number of aromatic nitrogens is 3. The van der Waals surface area contributed by atoms with Crippen LogP contribution >= 0.6 is 0 Å². The van der Waals surface area contributed by atoms with Crippen LogP contribution in [0.3, 0.4) is 0 Å². The third-order valence-corrected chi connectivity index (χ3v) is 4.37. The molecule has 25 heavy (non-hydrogen) atoms.